The number of fused-ring (bicyclic) bond motifs is 1. The highest BCUT2D eigenvalue weighted by atomic mass is 127. The van der Waals surface area contributed by atoms with Crippen molar-refractivity contribution in [1.82, 2.24) is 15.2 Å². The largest absolute Gasteiger partial charge is 0.478 e. The number of nitrogens with one attached hydrogen (secondary N) is 2. The highest BCUT2D eigenvalue weighted by molar-refractivity contribution is 14.1. The number of carbonyl (C=O) groups is 1. The third kappa shape index (κ3) is 2.53. The minimum atomic E-state index is -1.15. The number of pyridine rings is 1. The molecule has 0 atom stereocenters. The summed E-state index contributed by atoms with van der Waals surface area (Å²) in [5, 5.41) is 19.0. The molecule has 2 heterocycles. The van der Waals surface area contributed by atoms with Crippen molar-refractivity contribution in [2.75, 3.05) is 5.32 Å². The van der Waals surface area contributed by atoms with Crippen LogP contribution in [0.1, 0.15) is 10.4 Å². The van der Waals surface area contributed by atoms with Gasteiger partial charge in [-0.25, -0.2) is 14.2 Å². The number of carboxylic acids is 1. The van der Waals surface area contributed by atoms with Gasteiger partial charge < -0.3 is 10.4 Å². The number of aromatic carboxylic acids is 1. The van der Waals surface area contributed by atoms with Gasteiger partial charge in [0.05, 0.1) is 23.0 Å². The highest BCUT2D eigenvalue weighted by Gasteiger charge is 2.17. The molecule has 21 heavy (non-hydrogen) atoms. The molecule has 0 amide bonds. The summed E-state index contributed by atoms with van der Waals surface area (Å²) in [4.78, 5) is 15.3. The summed E-state index contributed by atoms with van der Waals surface area (Å²) in [7, 11) is 0. The van der Waals surface area contributed by atoms with Crippen LogP contribution in [0.25, 0.3) is 11.0 Å². The van der Waals surface area contributed by atoms with Gasteiger partial charge in [-0.05, 0) is 40.8 Å². The second kappa shape index (κ2) is 5.28. The molecule has 2 aromatic heterocycles. The van der Waals surface area contributed by atoms with Crippen LogP contribution in [0, 0.1) is 9.39 Å². The van der Waals surface area contributed by atoms with E-state index < -0.39 is 11.8 Å². The zero-order valence-corrected chi connectivity index (χ0v) is 12.6. The van der Waals surface area contributed by atoms with Crippen molar-refractivity contribution in [2.24, 2.45) is 0 Å². The number of hydrogen-bond acceptors (Lipinski definition) is 4. The van der Waals surface area contributed by atoms with Crippen LogP contribution in [0.3, 0.4) is 0 Å². The van der Waals surface area contributed by atoms with Crippen molar-refractivity contribution in [3.8, 4) is 0 Å². The standard InChI is InChI=1S/C13H8FIN4O2/c14-9-3-6(15)1-2-10(9)18-11-7-5-17-19-12(7)16-4-8(11)13(20)21/h1-5H,(H,20,21)(H2,16,17,18,19). The first kappa shape index (κ1) is 13.7. The molecule has 0 spiro atoms. The molecular formula is C13H8FIN4O2. The molecule has 6 nitrogen and oxygen atoms in total. The van der Waals surface area contributed by atoms with E-state index in [4.69, 9.17) is 0 Å². The summed E-state index contributed by atoms with van der Waals surface area (Å²) in [6.45, 7) is 0. The fraction of sp³-hybridized carbons (Fsp3) is 0. The molecule has 8 heteroatoms. The van der Waals surface area contributed by atoms with Crippen LogP contribution in [0.5, 0.6) is 0 Å². The van der Waals surface area contributed by atoms with Gasteiger partial charge in [-0.2, -0.15) is 5.10 Å². The molecule has 1 aromatic carbocycles. The number of rotatable bonds is 3. The number of H-pyrrole nitrogens is 1. The first-order valence-corrected chi connectivity index (χ1v) is 6.91. The Morgan fingerprint density at radius 1 is 1.38 bits per heavy atom. The number of carboxylic acid groups (broad SMARTS) is 1. The van der Waals surface area contributed by atoms with Crippen molar-refractivity contribution in [3.05, 3.63) is 45.5 Å². The van der Waals surface area contributed by atoms with Crippen LogP contribution in [-0.4, -0.2) is 26.3 Å². The smallest absolute Gasteiger partial charge is 0.339 e. The Balaban J connectivity index is 2.16. The monoisotopic (exact) mass is 398 g/mol. The third-order valence-corrected chi connectivity index (χ3v) is 3.57. The van der Waals surface area contributed by atoms with Crippen LogP contribution in [0.4, 0.5) is 15.8 Å². The summed E-state index contributed by atoms with van der Waals surface area (Å²) < 4.78 is 14.7. The number of halogens is 2. The van der Waals surface area contributed by atoms with E-state index in [0.29, 0.717) is 11.0 Å². The lowest BCUT2D eigenvalue weighted by molar-refractivity contribution is 0.0697. The maximum atomic E-state index is 13.9. The van der Waals surface area contributed by atoms with Crippen LogP contribution in [0.2, 0.25) is 0 Å². The summed E-state index contributed by atoms with van der Waals surface area (Å²) in [5.74, 6) is -1.62. The molecular weight excluding hydrogens is 390 g/mol. The molecule has 0 aliphatic carbocycles. The molecule has 0 bridgehead atoms. The molecule has 0 saturated carbocycles. The van der Waals surface area contributed by atoms with E-state index in [9.17, 15) is 14.3 Å². The van der Waals surface area contributed by atoms with Crippen LogP contribution in [0.15, 0.2) is 30.6 Å². The van der Waals surface area contributed by atoms with Gasteiger partial charge in [0.25, 0.3) is 0 Å². The predicted molar refractivity (Wildman–Crippen MR) is 83.2 cm³/mol. The lowest BCUT2D eigenvalue weighted by Gasteiger charge is -2.11. The number of hydrogen-bond donors (Lipinski definition) is 3. The van der Waals surface area contributed by atoms with Crippen molar-refractivity contribution >= 4 is 51.0 Å². The Bertz CT molecular complexity index is 849. The average Bonchev–Trinajstić information content (AvgIpc) is 2.90. The second-order valence-corrected chi connectivity index (χ2v) is 5.48. The predicted octanol–water partition coefficient (Wildman–Crippen LogP) is 3.14. The highest BCUT2D eigenvalue weighted by Crippen LogP contribution is 2.29. The van der Waals surface area contributed by atoms with Crippen LogP contribution in [-0.2, 0) is 0 Å². The normalized spacial score (nSPS) is 10.8. The lowest BCUT2D eigenvalue weighted by atomic mass is 10.1. The number of aromatic nitrogens is 3. The van der Waals surface area contributed by atoms with Gasteiger partial charge >= 0.3 is 5.97 Å². The van der Waals surface area contributed by atoms with Crippen molar-refractivity contribution in [3.63, 3.8) is 0 Å². The number of nitrogens with zero attached hydrogens (tertiary/aromatic N) is 2. The van der Waals surface area contributed by atoms with E-state index in [1.54, 1.807) is 12.1 Å². The van der Waals surface area contributed by atoms with E-state index in [2.05, 4.69) is 20.5 Å². The van der Waals surface area contributed by atoms with E-state index in [0.717, 1.165) is 3.57 Å². The number of aromatic amines is 1. The average molecular weight is 398 g/mol. The number of anilines is 2. The molecule has 3 aromatic rings. The minimum Gasteiger partial charge on any atom is -0.478 e. The van der Waals surface area contributed by atoms with Crippen molar-refractivity contribution in [2.45, 2.75) is 0 Å². The van der Waals surface area contributed by atoms with Crippen molar-refractivity contribution in [1.29, 1.82) is 0 Å². The van der Waals surface area contributed by atoms with Crippen LogP contribution >= 0.6 is 22.6 Å². The van der Waals surface area contributed by atoms with Gasteiger partial charge in [0.1, 0.15) is 11.4 Å². The van der Waals surface area contributed by atoms with Gasteiger partial charge in [0.15, 0.2) is 5.65 Å². The molecule has 106 valence electrons. The Labute approximate surface area is 131 Å². The molecule has 0 unspecified atom stereocenters. The Kier molecular flexibility index (Phi) is 3.45. The summed E-state index contributed by atoms with van der Waals surface area (Å²) in [6, 6.07) is 4.63. The van der Waals surface area contributed by atoms with Gasteiger partial charge in [0.2, 0.25) is 0 Å². The Hall–Kier alpha value is -2.23. The summed E-state index contributed by atoms with van der Waals surface area (Å²) in [5.41, 5.74) is 0.809. The Morgan fingerprint density at radius 2 is 2.19 bits per heavy atom. The van der Waals surface area contributed by atoms with Crippen molar-refractivity contribution < 1.29 is 14.3 Å². The first-order chi connectivity index (χ1) is 10.1. The SMILES string of the molecule is O=C(O)c1cnc2[nH]ncc2c1Nc1ccc(I)cc1F. The second-order valence-electron chi connectivity index (χ2n) is 4.23. The number of benzene rings is 1. The molecule has 0 radical (unpaired) electrons. The zero-order chi connectivity index (χ0) is 15.0. The first-order valence-electron chi connectivity index (χ1n) is 5.83. The zero-order valence-electron chi connectivity index (χ0n) is 10.4. The van der Waals surface area contributed by atoms with E-state index in [1.165, 1.54) is 18.5 Å². The van der Waals surface area contributed by atoms with Gasteiger partial charge in [-0.15, -0.1) is 0 Å². The maximum absolute atomic E-state index is 13.9. The van der Waals surface area contributed by atoms with E-state index in [1.807, 2.05) is 22.6 Å². The molecule has 3 N–H and O–H groups in total. The summed E-state index contributed by atoms with van der Waals surface area (Å²) in [6.07, 6.45) is 2.65. The summed E-state index contributed by atoms with van der Waals surface area (Å²) >= 11 is 2.00. The van der Waals surface area contributed by atoms with E-state index in [-0.39, 0.29) is 16.9 Å². The third-order valence-electron chi connectivity index (χ3n) is 2.90. The molecule has 0 aliphatic rings. The van der Waals surface area contributed by atoms with Gasteiger partial charge in [-0.3, -0.25) is 5.10 Å². The lowest BCUT2D eigenvalue weighted by Crippen LogP contribution is -2.05. The molecule has 0 saturated heterocycles. The van der Waals surface area contributed by atoms with Crippen LogP contribution < -0.4 is 5.32 Å². The quantitative estimate of drug-likeness (QED) is 0.590. The Morgan fingerprint density at radius 3 is 2.90 bits per heavy atom. The molecule has 0 aliphatic heterocycles. The topological polar surface area (TPSA) is 90.9 Å². The minimum absolute atomic E-state index is 0.0538. The van der Waals surface area contributed by atoms with E-state index >= 15 is 0 Å². The fourth-order valence-corrected chi connectivity index (χ4v) is 2.37. The molecule has 0 fully saturated rings. The maximum Gasteiger partial charge on any atom is 0.339 e. The molecule has 3 rings (SSSR count). The van der Waals surface area contributed by atoms with Gasteiger partial charge in [-0.1, -0.05) is 0 Å². The van der Waals surface area contributed by atoms with Gasteiger partial charge in [0, 0.05) is 9.77 Å². The fourth-order valence-electron chi connectivity index (χ4n) is 1.92.